The van der Waals surface area contributed by atoms with Crippen molar-refractivity contribution in [3.05, 3.63) is 0 Å². The summed E-state index contributed by atoms with van der Waals surface area (Å²) in [6.45, 7) is 4.29. The summed E-state index contributed by atoms with van der Waals surface area (Å²) in [6, 6.07) is 0. The molecule has 0 spiro atoms. The number of carbonyl (C=O) groups is 1. The van der Waals surface area contributed by atoms with Crippen molar-refractivity contribution in [2.45, 2.75) is 110 Å². The van der Waals surface area contributed by atoms with Crippen LogP contribution in [-0.2, 0) is 14.3 Å². The van der Waals surface area contributed by atoms with Gasteiger partial charge in [0.1, 0.15) is 6.61 Å². The fourth-order valence-electron chi connectivity index (χ4n) is 3.16. The summed E-state index contributed by atoms with van der Waals surface area (Å²) in [5.74, 6) is 1.46. The Morgan fingerprint density at radius 2 is 1.32 bits per heavy atom. The monoisotopic (exact) mass is 418 g/mol. The van der Waals surface area contributed by atoms with Gasteiger partial charge in [0.2, 0.25) is 0 Å². The van der Waals surface area contributed by atoms with Gasteiger partial charge >= 0.3 is 5.97 Å². The highest BCUT2D eigenvalue weighted by Gasteiger charge is 2.11. The van der Waals surface area contributed by atoms with E-state index >= 15 is 0 Å². The minimum Gasteiger partial charge on any atom is -0.464 e. The molecule has 5 heteroatoms. The molecule has 0 amide bonds. The zero-order chi connectivity index (χ0) is 20.7. The summed E-state index contributed by atoms with van der Waals surface area (Å²) >= 11 is 1.80. The quantitative estimate of drug-likeness (QED) is 0.169. The largest absolute Gasteiger partial charge is 0.464 e. The van der Waals surface area contributed by atoms with Crippen molar-refractivity contribution in [1.82, 2.24) is 0 Å². The second kappa shape index (κ2) is 23.0. The molecule has 0 saturated heterocycles. The summed E-state index contributed by atoms with van der Waals surface area (Å²) in [5.41, 5.74) is 0. The van der Waals surface area contributed by atoms with Crippen LogP contribution in [-0.4, -0.2) is 48.5 Å². The van der Waals surface area contributed by atoms with Crippen LogP contribution in [0.3, 0.4) is 0 Å². The minimum absolute atomic E-state index is 0.0505. The van der Waals surface area contributed by atoms with Crippen LogP contribution < -0.4 is 0 Å². The molecule has 0 aromatic carbocycles. The van der Waals surface area contributed by atoms with Gasteiger partial charge in [-0.25, -0.2) is 4.79 Å². The molecule has 1 atom stereocenters. The molecule has 1 unspecified atom stereocenters. The molecule has 1 N–H and O–H groups in total. The van der Waals surface area contributed by atoms with Crippen molar-refractivity contribution in [2.24, 2.45) is 0 Å². The van der Waals surface area contributed by atoms with Gasteiger partial charge in [0, 0.05) is 5.75 Å². The summed E-state index contributed by atoms with van der Waals surface area (Å²) in [6.07, 6.45) is 19.0. The van der Waals surface area contributed by atoms with Crippen LogP contribution in [0, 0.1) is 0 Å². The van der Waals surface area contributed by atoms with E-state index in [1.165, 1.54) is 89.9 Å². The first-order chi connectivity index (χ1) is 13.7. The molecule has 4 nitrogen and oxygen atoms in total. The molecule has 0 radical (unpaired) electrons. The lowest BCUT2D eigenvalue weighted by molar-refractivity contribution is -0.150. The van der Waals surface area contributed by atoms with Crippen LogP contribution in [0.2, 0.25) is 0 Å². The standard InChI is InChI=1S/C23H46O4S/c1-3-5-6-7-8-9-10-11-12-13-14-15-16-17-18-28-21-22(19-24)27-20-23(25)26-4-2/h22,24H,3-21H2,1-2H3. The number of thioether (sulfide) groups is 1. The molecule has 0 aromatic rings. The van der Waals surface area contributed by atoms with E-state index in [0.717, 1.165) is 11.5 Å². The van der Waals surface area contributed by atoms with Gasteiger partial charge in [0.05, 0.1) is 19.3 Å². The maximum Gasteiger partial charge on any atom is 0.332 e. The van der Waals surface area contributed by atoms with Crippen LogP contribution in [0.15, 0.2) is 0 Å². The number of aliphatic hydroxyl groups excluding tert-OH is 1. The van der Waals surface area contributed by atoms with E-state index in [2.05, 4.69) is 6.92 Å². The molecular weight excluding hydrogens is 372 g/mol. The van der Waals surface area contributed by atoms with E-state index < -0.39 is 0 Å². The smallest absolute Gasteiger partial charge is 0.332 e. The number of esters is 1. The van der Waals surface area contributed by atoms with Crippen molar-refractivity contribution in [1.29, 1.82) is 0 Å². The molecule has 0 aliphatic heterocycles. The maximum atomic E-state index is 11.3. The van der Waals surface area contributed by atoms with E-state index in [1.807, 2.05) is 0 Å². The van der Waals surface area contributed by atoms with Crippen LogP contribution >= 0.6 is 11.8 Å². The first kappa shape index (κ1) is 27.7. The number of hydrogen-bond acceptors (Lipinski definition) is 5. The van der Waals surface area contributed by atoms with Gasteiger partial charge in [-0.1, -0.05) is 90.4 Å². The highest BCUT2D eigenvalue weighted by atomic mass is 32.2. The summed E-state index contributed by atoms with van der Waals surface area (Å²) in [4.78, 5) is 11.3. The van der Waals surface area contributed by atoms with Gasteiger partial charge in [-0.3, -0.25) is 0 Å². The number of rotatable bonds is 22. The highest BCUT2D eigenvalue weighted by molar-refractivity contribution is 7.99. The van der Waals surface area contributed by atoms with Crippen LogP contribution in [0.25, 0.3) is 0 Å². The third kappa shape index (κ3) is 20.5. The van der Waals surface area contributed by atoms with Gasteiger partial charge in [-0.15, -0.1) is 0 Å². The Balaban J connectivity index is 3.26. The SMILES string of the molecule is CCCCCCCCCCCCCCCCSCC(CO)OCC(=O)OCC. The molecule has 28 heavy (non-hydrogen) atoms. The Hall–Kier alpha value is -0.260. The third-order valence-electron chi connectivity index (χ3n) is 4.89. The normalized spacial score (nSPS) is 12.2. The fraction of sp³-hybridized carbons (Fsp3) is 0.957. The summed E-state index contributed by atoms with van der Waals surface area (Å²) in [5, 5.41) is 9.30. The lowest BCUT2D eigenvalue weighted by Crippen LogP contribution is -2.25. The zero-order valence-electron chi connectivity index (χ0n) is 18.6. The molecule has 0 aliphatic rings. The lowest BCUT2D eigenvalue weighted by Gasteiger charge is -2.14. The van der Waals surface area contributed by atoms with Crippen molar-refractivity contribution < 1.29 is 19.4 Å². The third-order valence-corrected chi connectivity index (χ3v) is 6.08. The van der Waals surface area contributed by atoms with E-state index in [1.54, 1.807) is 18.7 Å². The Bertz CT molecular complexity index is 326. The van der Waals surface area contributed by atoms with Crippen LogP contribution in [0.5, 0.6) is 0 Å². The van der Waals surface area contributed by atoms with E-state index in [-0.39, 0.29) is 25.3 Å². The van der Waals surface area contributed by atoms with Crippen molar-refractivity contribution in [3.8, 4) is 0 Å². The molecule has 0 aliphatic carbocycles. The van der Waals surface area contributed by atoms with Crippen LogP contribution in [0.4, 0.5) is 0 Å². The van der Waals surface area contributed by atoms with Crippen molar-refractivity contribution >= 4 is 17.7 Å². The van der Waals surface area contributed by atoms with Gasteiger partial charge in [-0.2, -0.15) is 11.8 Å². The van der Waals surface area contributed by atoms with Gasteiger partial charge in [0.25, 0.3) is 0 Å². The second-order valence-corrected chi connectivity index (χ2v) is 8.74. The topological polar surface area (TPSA) is 55.8 Å². The average Bonchev–Trinajstić information content (AvgIpc) is 2.70. The molecule has 0 saturated carbocycles. The van der Waals surface area contributed by atoms with Gasteiger partial charge in [0.15, 0.2) is 0 Å². The number of aliphatic hydroxyl groups is 1. The van der Waals surface area contributed by atoms with Gasteiger partial charge in [-0.05, 0) is 19.1 Å². The second-order valence-electron chi connectivity index (χ2n) is 7.59. The lowest BCUT2D eigenvalue weighted by atomic mass is 10.0. The first-order valence-electron chi connectivity index (χ1n) is 11.7. The van der Waals surface area contributed by atoms with Gasteiger partial charge < -0.3 is 14.6 Å². The molecule has 0 bridgehead atoms. The fourth-order valence-corrected chi connectivity index (χ4v) is 4.19. The molecule has 0 heterocycles. The number of unbranched alkanes of at least 4 members (excludes halogenated alkanes) is 13. The Morgan fingerprint density at radius 1 is 0.821 bits per heavy atom. The Morgan fingerprint density at radius 3 is 1.79 bits per heavy atom. The van der Waals surface area contributed by atoms with E-state index in [0.29, 0.717) is 6.61 Å². The number of hydrogen-bond donors (Lipinski definition) is 1. The average molecular weight is 419 g/mol. The summed E-state index contributed by atoms with van der Waals surface area (Å²) in [7, 11) is 0. The Labute approximate surface area is 178 Å². The number of carbonyl (C=O) groups excluding carboxylic acids is 1. The van der Waals surface area contributed by atoms with Crippen molar-refractivity contribution in [2.75, 3.05) is 31.3 Å². The van der Waals surface area contributed by atoms with E-state index in [4.69, 9.17) is 9.47 Å². The predicted molar refractivity (Wildman–Crippen MR) is 121 cm³/mol. The highest BCUT2D eigenvalue weighted by Crippen LogP contribution is 2.14. The Kier molecular flexibility index (Phi) is 22.8. The maximum absolute atomic E-state index is 11.3. The molecule has 0 rings (SSSR count). The van der Waals surface area contributed by atoms with Crippen LogP contribution in [0.1, 0.15) is 104 Å². The molecule has 168 valence electrons. The predicted octanol–water partition coefficient (Wildman–Crippen LogP) is 6.14. The minimum atomic E-state index is -0.363. The zero-order valence-corrected chi connectivity index (χ0v) is 19.4. The molecule has 0 fully saturated rings. The van der Waals surface area contributed by atoms with Crippen molar-refractivity contribution in [3.63, 3.8) is 0 Å². The summed E-state index contributed by atoms with van der Waals surface area (Å²) < 4.78 is 10.2. The molecule has 0 aromatic heterocycles. The number of ether oxygens (including phenoxy) is 2. The van der Waals surface area contributed by atoms with E-state index in [9.17, 15) is 9.90 Å². The molecular formula is C23H46O4S. The first-order valence-corrected chi connectivity index (χ1v) is 12.9.